The van der Waals surface area contributed by atoms with Crippen LogP contribution in [0, 0.1) is 11.8 Å². The van der Waals surface area contributed by atoms with Gasteiger partial charge in [-0.15, -0.1) is 11.6 Å². The van der Waals surface area contributed by atoms with Crippen LogP contribution in [0.25, 0.3) is 0 Å². The van der Waals surface area contributed by atoms with Gasteiger partial charge in [-0.25, -0.2) is 4.98 Å². The van der Waals surface area contributed by atoms with E-state index in [4.69, 9.17) is 16.3 Å². The summed E-state index contributed by atoms with van der Waals surface area (Å²) in [7, 11) is 0. The lowest BCUT2D eigenvalue weighted by atomic mass is 10.3. The normalized spacial score (nSPS) is 32.5. The summed E-state index contributed by atoms with van der Waals surface area (Å²) in [4.78, 5) is 4.28. The highest BCUT2D eigenvalue weighted by Gasteiger charge is 2.54. The number of nitrogens with zero attached hydrogens (tertiary/aromatic N) is 1. The Morgan fingerprint density at radius 1 is 1.47 bits per heavy atom. The molecule has 2 fully saturated rings. The third kappa shape index (κ3) is 1.70. The van der Waals surface area contributed by atoms with Crippen molar-refractivity contribution in [3.8, 4) is 0 Å². The van der Waals surface area contributed by atoms with E-state index in [1.165, 1.54) is 0 Å². The zero-order valence-electron chi connectivity index (χ0n) is 8.32. The van der Waals surface area contributed by atoms with E-state index in [9.17, 15) is 0 Å². The number of ether oxygens (including phenoxy) is 1. The molecule has 0 radical (unpaired) electrons. The van der Waals surface area contributed by atoms with Crippen molar-refractivity contribution in [1.29, 1.82) is 0 Å². The number of rotatable bonds is 3. The highest BCUT2D eigenvalue weighted by Crippen LogP contribution is 2.45. The summed E-state index contributed by atoms with van der Waals surface area (Å²) in [5, 5.41) is 3.44. The quantitative estimate of drug-likeness (QED) is 0.797. The summed E-state index contributed by atoms with van der Waals surface area (Å²) in [6.07, 6.45) is 1.80. The number of hydrogen-bond donors (Lipinski definition) is 1. The van der Waals surface area contributed by atoms with Crippen LogP contribution in [-0.4, -0.2) is 24.2 Å². The summed E-state index contributed by atoms with van der Waals surface area (Å²) < 4.78 is 5.34. The molecule has 3 nitrogen and oxygen atoms in total. The molecule has 1 N–H and O–H groups in total. The lowest BCUT2D eigenvalue weighted by Gasteiger charge is -2.08. The van der Waals surface area contributed by atoms with Crippen molar-refractivity contribution < 1.29 is 4.74 Å². The standard InChI is InChI=1S/C11H13ClN2O/c12-4-7-1-2-13-10(3-7)14-11-8-5-15-6-9(8)11/h1-3,8-9,11H,4-6H2,(H,13,14)/t8-,9+,11?. The zero-order chi connectivity index (χ0) is 10.3. The first kappa shape index (κ1) is 9.43. The molecule has 0 spiro atoms. The summed E-state index contributed by atoms with van der Waals surface area (Å²) in [5.41, 5.74) is 1.11. The highest BCUT2D eigenvalue weighted by atomic mass is 35.5. The van der Waals surface area contributed by atoms with Crippen LogP contribution in [0.15, 0.2) is 18.3 Å². The molecule has 15 heavy (non-hydrogen) atoms. The first-order valence-electron chi connectivity index (χ1n) is 5.23. The number of anilines is 1. The number of fused-ring (bicyclic) bond motifs is 1. The minimum Gasteiger partial charge on any atom is -0.381 e. The summed E-state index contributed by atoms with van der Waals surface area (Å²) in [5.74, 6) is 2.88. The van der Waals surface area contributed by atoms with Gasteiger partial charge >= 0.3 is 0 Å². The van der Waals surface area contributed by atoms with Crippen molar-refractivity contribution >= 4 is 17.4 Å². The van der Waals surface area contributed by atoms with Crippen molar-refractivity contribution in [3.63, 3.8) is 0 Å². The minimum absolute atomic E-state index is 0.540. The van der Waals surface area contributed by atoms with E-state index in [0.717, 1.165) is 24.6 Å². The molecule has 3 rings (SSSR count). The Labute approximate surface area is 93.8 Å². The molecular formula is C11H13ClN2O. The number of hydrogen-bond acceptors (Lipinski definition) is 3. The largest absolute Gasteiger partial charge is 0.381 e. The maximum Gasteiger partial charge on any atom is 0.126 e. The van der Waals surface area contributed by atoms with E-state index in [1.807, 2.05) is 12.1 Å². The molecule has 4 heteroatoms. The third-order valence-corrected chi connectivity index (χ3v) is 3.55. The van der Waals surface area contributed by atoms with Crippen molar-refractivity contribution in [2.45, 2.75) is 11.9 Å². The first-order chi connectivity index (χ1) is 7.38. The molecule has 1 aromatic rings. The zero-order valence-corrected chi connectivity index (χ0v) is 9.07. The smallest absolute Gasteiger partial charge is 0.126 e. The number of pyridine rings is 1. The summed E-state index contributed by atoms with van der Waals surface area (Å²) in [6, 6.07) is 4.52. The number of halogens is 1. The maximum absolute atomic E-state index is 5.77. The SMILES string of the molecule is ClCc1ccnc(NC2[C@H]3COC[C@@H]23)c1. The van der Waals surface area contributed by atoms with Crippen LogP contribution in [0.1, 0.15) is 5.56 Å². The molecule has 1 aromatic heterocycles. The van der Waals surface area contributed by atoms with Crippen LogP contribution in [-0.2, 0) is 10.6 Å². The van der Waals surface area contributed by atoms with Gasteiger partial charge in [0.15, 0.2) is 0 Å². The van der Waals surface area contributed by atoms with Gasteiger partial charge in [0.05, 0.1) is 13.2 Å². The van der Waals surface area contributed by atoms with Crippen molar-refractivity contribution in [1.82, 2.24) is 4.98 Å². The van der Waals surface area contributed by atoms with Crippen LogP contribution in [0.2, 0.25) is 0 Å². The third-order valence-electron chi connectivity index (χ3n) is 3.25. The average molecular weight is 225 g/mol. The van der Waals surface area contributed by atoms with E-state index < -0.39 is 0 Å². The van der Waals surface area contributed by atoms with Gasteiger partial charge in [0.25, 0.3) is 0 Å². The van der Waals surface area contributed by atoms with Crippen LogP contribution in [0.4, 0.5) is 5.82 Å². The number of nitrogens with one attached hydrogen (secondary N) is 1. The van der Waals surface area contributed by atoms with Crippen LogP contribution >= 0.6 is 11.6 Å². The van der Waals surface area contributed by atoms with Gasteiger partial charge in [0.1, 0.15) is 5.82 Å². The van der Waals surface area contributed by atoms with Gasteiger partial charge in [0.2, 0.25) is 0 Å². The fourth-order valence-corrected chi connectivity index (χ4v) is 2.43. The first-order valence-corrected chi connectivity index (χ1v) is 5.77. The molecule has 1 aliphatic heterocycles. The van der Waals surface area contributed by atoms with Gasteiger partial charge < -0.3 is 10.1 Å². The predicted molar refractivity (Wildman–Crippen MR) is 59.0 cm³/mol. The predicted octanol–water partition coefficient (Wildman–Crippen LogP) is 1.88. The second-order valence-electron chi connectivity index (χ2n) is 4.22. The molecule has 2 aliphatic rings. The highest BCUT2D eigenvalue weighted by molar-refractivity contribution is 6.17. The lowest BCUT2D eigenvalue weighted by molar-refractivity contribution is 0.162. The monoisotopic (exact) mass is 224 g/mol. The molecule has 80 valence electrons. The Morgan fingerprint density at radius 3 is 3.00 bits per heavy atom. The van der Waals surface area contributed by atoms with Crippen molar-refractivity contribution in [2.24, 2.45) is 11.8 Å². The summed E-state index contributed by atoms with van der Waals surface area (Å²) >= 11 is 5.77. The second-order valence-corrected chi connectivity index (χ2v) is 4.49. The average Bonchev–Trinajstić information content (AvgIpc) is 2.75. The Kier molecular flexibility index (Phi) is 2.29. The fourth-order valence-electron chi connectivity index (χ4n) is 2.26. The van der Waals surface area contributed by atoms with E-state index in [0.29, 0.717) is 23.8 Å². The second kappa shape index (κ2) is 3.65. The lowest BCUT2D eigenvalue weighted by Crippen LogP contribution is -2.13. The molecule has 0 amide bonds. The van der Waals surface area contributed by atoms with Crippen LogP contribution in [0.5, 0.6) is 0 Å². The van der Waals surface area contributed by atoms with Crippen LogP contribution in [0.3, 0.4) is 0 Å². The molecule has 2 heterocycles. The van der Waals surface area contributed by atoms with Gasteiger partial charge in [-0.2, -0.15) is 0 Å². The van der Waals surface area contributed by atoms with E-state index in [-0.39, 0.29) is 0 Å². The van der Waals surface area contributed by atoms with Gasteiger partial charge in [-0.05, 0) is 17.7 Å². The van der Waals surface area contributed by atoms with Crippen LogP contribution < -0.4 is 5.32 Å². The Balaban J connectivity index is 1.67. The summed E-state index contributed by atoms with van der Waals surface area (Å²) in [6.45, 7) is 1.80. The minimum atomic E-state index is 0.540. The molecule has 0 aromatic carbocycles. The van der Waals surface area contributed by atoms with Gasteiger partial charge in [-0.3, -0.25) is 0 Å². The molecule has 1 aliphatic carbocycles. The van der Waals surface area contributed by atoms with E-state index in [2.05, 4.69) is 10.3 Å². The molecule has 0 bridgehead atoms. The molecule has 1 saturated carbocycles. The van der Waals surface area contributed by atoms with E-state index in [1.54, 1.807) is 6.20 Å². The fraction of sp³-hybridized carbons (Fsp3) is 0.545. The Hall–Kier alpha value is -0.800. The van der Waals surface area contributed by atoms with Crippen molar-refractivity contribution in [3.05, 3.63) is 23.9 Å². The van der Waals surface area contributed by atoms with E-state index >= 15 is 0 Å². The van der Waals surface area contributed by atoms with Crippen molar-refractivity contribution in [2.75, 3.05) is 18.5 Å². The number of alkyl halides is 1. The Morgan fingerprint density at radius 2 is 2.27 bits per heavy atom. The molecule has 3 atom stereocenters. The Bertz CT molecular complexity index is 361. The topological polar surface area (TPSA) is 34.2 Å². The van der Waals surface area contributed by atoms with Gasteiger partial charge in [-0.1, -0.05) is 0 Å². The molecule has 1 unspecified atom stereocenters. The van der Waals surface area contributed by atoms with Gasteiger partial charge in [0, 0.05) is 30.0 Å². The maximum atomic E-state index is 5.77. The molecule has 1 saturated heterocycles. The number of aromatic nitrogens is 1. The molecular weight excluding hydrogens is 212 g/mol.